The van der Waals surface area contributed by atoms with Gasteiger partial charge in [0.2, 0.25) is 5.91 Å². The largest absolute Gasteiger partial charge is 0.482 e. The van der Waals surface area contributed by atoms with Crippen LogP contribution in [0.15, 0.2) is 48.5 Å². The van der Waals surface area contributed by atoms with E-state index in [2.05, 4.69) is 0 Å². The number of anilines is 2. The van der Waals surface area contributed by atoms with E-state index in [1.54, 1.807) is 35.2 Å². The third-order valence-corrected chi connectivity index (χ3v) is 5.14. The fourth-order valence-electron chi connectivity index (χ4n) is 3.58. The topological polar surface area (TPSA) is 96.2 Å². The summed E-state index contributed by atoms with van der Waals surface area (Å²) in [5, 5.41) is 11.0. The summed E-state index contributed by atoms with van der Waals surface area (Å²) in [4.78, 5) is 40.8. The van der Waals surface area contributed by atoms with Crippen molar-refractivity contribution >= 4 is 28.9 Å². The third-order valence-electron chi connectivity index (χ3n) is 5.14. The number of carbonyl (C=O) groups excluding carboxylic acids is 2. The molecule has 0 spiro atoms. The molecule has 2 aromatic rings. The monoisotopic (exact) mass is 396 g/mol. The molecule has 0 unspecified atom stereocenters. The van der Waals surface area contributed by atoms with Crippen LogP contribution in [0.25, 0.3) is 0 Å². The Kier molecular flexibility index (Phi) is 5.03. The molecule has 2 amide bonds. The molecule has 1 saturated heterocycles. The standard InChI is InChI=1S/C20H20N4O5/c25-19(13-23-17-6-1-2-7-18(17)29-14-20(23)26)22-10-8-21(9-11-22)15-4-3-5-16(12-15)24(27)28/h1-7,12H,8-11,13-14H2. The number of benzene rings is 2. The molecule has 150 valence electrons. The predicted octanol–water partition coefficient (Wildman–Crippen LogP) is 1.67. The number of hydrogen-bond donors (Lipinski definition) is 0. The summed E-state index contributed by atoms with van der Waals surface area (Å²) >= 11 is 0. The first-order valence-electron chi connectivity index (χ1n) is 9.32. The molecule has 4 rings (SSSR count). The highest BCUT2D eigenvalue weighted by atomic mass is 16.6. The van der Waals surface area contributed by atoms with Crippen molar-refractivity contribution in [3.05, 3.63) is 58.6 Å². The second kappa shape index (κ2) is 7.78. The average Bonchev–Trinajstić information content (AvgIpc) is 2.76. The first-order chi connectivity index (χ1) is 14.0. The average molecular weight is 396 g/mol. The molecule has 0 radical (unpaired) electrons. The number of nitro groups is 1. The zero-order valence-electron chi connectivity index (χ0n) is 15.7. The van der Waals surface area contributed by atoms with Gasteiger partial charge in [-0.1, -0.05) is 18.2 Å². The molecule has 0 aromatic heterocycles. The van der Waals surface area contributed by atoms with Crippen LogP contribution in [0.1, 0.15) is 0 Å². The minimum Gasteiger partial charge on any atom is -0.482 e. The quantitative estimate of drug-likeness (QED) is 0.576. The van der Waals surface area contributed by atoms with Crippen molar-refractivity contribution < 1.29 is 19.2 Å². The number of piperazine rings is 1. The molecule has 0 N–H and O–H groups in total. The summed E-state index contributed by atoms with van der Waals surface area (Å²) < 4.78 is 5.41. The van der Waals surface area contributed by atoms with Crippen LogP contribution < -0.4 is 14.5 Å². The van der Waals surface area contributed by atoms with Crippen molar-refractivity contribution in [2.45, 2.75) is 0 Å². The van der Waals surface area contributed by atoms with Crippen molar-refractivity contribution in [3.63, 3.8) is 0 Å². The van der Waals surface area contributed by atoms with Crippen molar-refractivity contribution in [1.29, 1.82) is 0 Å². The van der Waals surface area contributed by atoms with E-state index in [0.29, 0.717) is 37.6 Å². The van der Waals surface area contributed by atoms with Crippen molar-refractivity contribution in [2.24, 2.45) is 0 Å². The third kappa shape index (κ3) is 3.84. The molecule has 9 nitrogen and oxygen atoms in total. The van der Waals surface area contributed by atoms with E-state index in [-0.39, 0.29) is 30.7 Å². The molecule has 29 heavy (non-hydrogen) atoms. The number of nitro benzene ring substituents is 1. The zero-order chi connectivity index (χ0) is 20.4. The molecule has 2 aliphatic heterocycles. The molecular formula is C20H20N4O5. The molecule has 1 fully saturated rings. The lowest BCUT2D eigenvalue weighted by Crippen LogP contribution is -2.53. The van der Waals surface area contributed by atoms with Crippen LogP contribution in [-0.2, 0) is 9.59 Å². The Morgan fingerprint density at radius 2 is 1.83 bits per heavy atom. The van der Waals surface area contributed by atoms with Crippen LogP contribution in [0.3, 0.4) is 0 Å². The lowest BCUT2D eigenvalue weighted by Gasteiger charge is -2.37. The van der Waals surface area contributed by atoms with E-state index < -0.39 is 4.92 Å². The van der Waals surface area contributed by atoms with E-state index >= 15 is 0 Å². The van der Waals surface area contributed by atoms with Gasteiger partial charge >= 0.3 is 0 Å². The Bertz CT molecular complexity index is 955. The predicted molar refractivity (Wildman–Crippen MR) is 106 cm³/mol. The summed E-state index contributed by atoms with van der Waals surface area (Å²) in [6.45, 7) is 2.01. The van der Waals surface area contributed by atoms with Crippen molar-refractivity contribution in [3.8, 4) is 5.75 Å². The van der Waals surface area contributed by atoms with Crippen molar-refractivity contribution in [2.75, 3.05) is 49.1 Å². The number of fused-ring (bicyclic) bond motifs is 1. The molecule has 9 heteroatoms. The number of amides is 2. The van der Waals surface area contributed by atoms with Crippen LogP contribution in [0.4, 0.5) is 17.1 Å². The first kappa shape index (κ1) is 18.7. The van der Waals surface area contributed by atoms with Gasteiger partial charge in [-0.15, -0.1) is 0 Å². The van der Waals surface area contributed by atoms with E-state index in [4.69, 9.17) is 4.74 Å². The molecule has 2 aromatic carbocycles. The van der Waals surface area contributed by atoms with Crippen molar-refractivity contribution in [1.82, 2.24) is 4.90 Å². The van der Waals surface area contributed by atoms with Gasteiger partial charge in [0.05, 0.1) is 10.6 Å². The maximum atomic E-state index is 12.8. The number of carbonyl (C=O) groups is 2. The SMILES string of the molecule is O=C(CN1C(=O)COc2ccccc21)N1CCN(c2cccc([N+](=O)[O-])c2)CC1. The molecule has 0 aliphatic carbocycles. The normalized spacial score (nSPS) is 16.3. The Labute approximate surface area is 167 Å². The van der Waals surface area contributed by atoms with Gasteiger partial charge in [-0.05, 0) is 18.2 Å². The minimum absolute atomic E-state index is 0.0317. The summed E-state index contributed by atoms with van der Waals surface area (Å²) in [6.07, 6.45) is 0. The fourth-order valence-corrected chi connectivity index (χ4v) is 3.58. The molecule has 2 aliphatic rings. The van der Waals surface area contributed by atoms with Gasteiger partial charge in [-0.2, -0.15) is 0 Å². The highest BCUT2D eigenvalue weighted by molar-refractivity contribution is 6.02. The number of rotatable bonds is 4. The second-order valence-electron chi connectivity index (χ2n) is 6.88. The van der Waals surface area contributed by atoms with E-state index in [9.17, 15) is 19.7 Å². The molecule has 2 heterocycles. The van der Waals surface area contributed by atoms with Crippen LogP contribution in [0.5, 0.6) is 5.75 Å². The number of non-ortho nitro benzene ring substituents is 1. The smallest absolute Gasteiger partial charge is 0.271 e. The maximum absolute atomic E-state index is 12.8. The van der Waals surface area contributed by atoms with E-state index in [1.165, 1.54) is 11.0 Å². The minimum atomic E-state index is -0.416. The summed E-state index contributed by atoms with van der Waals surface area (Å²) in [7, 11) is 0. The van der Waals surface area contributed by atoms with Crippen LogP contribution in [0.2, 0.25) is 0 Å². The molecule has 0 bridgehead atoms. The first-order valence-corrected chi connectivity index (χ1v) is 9.32. The number of hydrogen-bond acceptors (Lipinski definition) is 6. The van der Waals surface area contributed by atoms with Gasteiger partial charge in [0.25, 0.3) is 11.6 Å². The lowest BCUT2D eigenvalue weighted by atomic mass is 10.2. The highest BCUT2D eigenvalue weighted by Gasteiger charge is 2.30. The van der Waals surface area contributed by atoms with E-state index in [1.807, 2.05) is 17.0 Å². The Morgan fingerprint density at radius 3 is 2.59 bits per heavy atom. The Hall–Kier alpha value is -3.62. The number of nitrogens with zero attached hydrogens (tertiary/aromatic N) is 4. The number of para-hydroxylation sites is 2. The molecule has 0 atom stereocenters. The molecule has 0 saturated carbocycles. The van der Waals surface area contributed by atoms with Crippen LogP contribution in [0, 0.1) is 10.1 Å². The Morgan fingerprint density at radius 1 is 1.07 bits per heavy atom. The summed E-state index contributed by atoms with van der Waals surface area (Å²) in [5.41, 5.74) is 1.42. The fraction of sp³-hybridized carbons (Fsp3) is 0.300. The van der Waals surface area contributed by atoms with Gasteiger partial charge in [-0.3, -0.25) is 24.6 Å². The van der Waals surface area contributed by atoms with Gasteiger partial charge < -0.3 is 14.5 Å². The summed E-state index contributed by atoms with van der Waals surface area (Å²) in [6, 6.07) is 13.6. The van der Waals surface area contributed by atoms with Gasteiger partial charge in [0, 0.05) is 44.0 Å². The maximum Gasteiger partial charge on any atom is 0.271 e. The summed E-state index contributed by atoms with van der Waals surface area (Å²) in [5.74, 6) is 0.219. The van der Waals surface area contributed by atoms with Gasteiger partial charge in [0.15, 0.2) is 6.61 Å². The molecular weight excluding hydrogens is 376 g/mol. The van der Waals surface area contributed by atoms with Gasteiger partial charge in [0.1, 0.15) is 12.3 Å². The number of ether oxygens (including phenoxy) is 1. The Balaban J connectivity index is 1.39. The van der Waals surface area contributed by atoms with Gasteiger partial charge in [-0.25, -0.2) is 0 Å². The van der Waals surface area contributed by atoms with Crippen LogP contribution in [-0.4, -0.2) is 61.0 Å². The zero-order valence-corrected chi connectivity index (χ0v) is 15.7. The van der Waals surface area contributed by atoms with Crippen LogP contribution >= 0.6 is 0 Å². The lowest BCUT2D eigenvalue weighted by molar-refractivity contribution is -0.384. The second-order valence-corrected chi connectivity index (χ2v) is 6.88. The van der Waals surface area contributed by atoms with E-state index in [0.717, 1.165) is 5.69 Å². The highest BCUT2D eigenvalue weighted by Crippen LogP contribution is 2.31.